The minimum absolute atomic E-state index is 0.0961. The first-order chi connectivity index (χ1) is 17.5. The topological polar surface area (TPSA) is 127 Å². The van der Waals surface area contributed by atoms with Crippen molar-refractivity contribution in [2.45, 2.75) is 18.9 Å². The van der Waals surface area contributed by atoms with E-state index in [1.165, 1.54) is 30.0 Å². The quantitative estimate of drug-likeness (QED) is 0.277. The highest BCUT2D eigenvalue weighted by Crippen LogP contribution is 2.31. The second-order valence-electron chi connectivity index (χ2n) is 8.91. The Morgan fingerprint density at radius 1 is 1.11 bits per heavy atom. The van der Waals surface area contributed by atoms with Gasteiger partial charge in [0.05, 0.1) is 18.1 Å². The number of hydrogen-bond acceptors (Lipinski definition) is 10. The molecule has 3 N–H and O–H groups in total. The van der Waals surface area contributed by atoms with Crippen molar-refractivity contribution in [1.82, 2.24) is 9.88 Å². The van der Waals surface area contributed by atoms with Crippen LogP contribution < -0.4 is 16.0 Å². The molecule has 0 bridgehead atoms. The van der Waals surface area contributed by atoms with E-state index in [2.05, 4.69) is 32.2 Å². The molecule has 0 unspecified atom stereocenters. The highest BCUT2D eigenvalue weighted by molar-refractivity contribution is 7.18. The Balaban J connectivity index is 1.20. The van der Waals surface area contributed by atoms with Crippen molar-refractivity contribution in [3.8, 4) is 0 Å². The van der Waals surface area contributed by atoms with Gasteiger partial charge in [-0.25, -0.2) is 4.98 Å². The second-order valence-corrected chi connectivity index (χ2v) is 9.91. The van der Waals surface area contributed by atoms with Crippen LogP contribution in [-0.4, -0.2) is 66.0 Å². The van der Waals surface area contributed by atoms with Crippen LogP contribution in [0.5, 0.6) is 0 Å². The summed E-state index contributed by atoms with van der Waals surface area (Å²) in [5.74, 6) is -0.295. The number of morpholine rings is 1. The number of ketones is 1. The zero-order valence-corrected chi connectivity index (χ0v) is 20.6. The lowest BCUT2D eigenvalue weighted by molar-refractivity contribution is -0.384. The zero-order valence-electron chi connectivity index (χ0n) is 19.8. The number of ether oxygens (including phenoxy) is 1. The van der Waals surface area contributed by atoms with Crippen molar-refractivity contribution < 1.29 is 14.5 Å². The predicted octanol–water partition coefficient (Wildman–Crippen LogP) is 3.91. The smallest absolute Gasteiger partial charge is 0.270 e. The van der Waals surface area contributed by atoms with Crippen LogP contribution in [-0.2, 0) is 4.74 Å². The largest absolute Gasteiger partial charge is 0.382 e. The summed E-state index contributed by atoms with van der Waals surface area (Å²) in [5.41, 5.74) is 8.08. The van der Waals surface area contributed by atoms with Gasteiger partial charge in [-0.2, -0.15) is 0 Å². The van der Waals surface area contributed by atoms with Gasteiger partial charge in [0.2, 0.25) is 5.78 Å². The van der Waals surface area contributed by atoms with E-state index in [4.69, 9.17) is 10.5 Å². The van der Waals surface area contributed by atoms with Crippen LogP contribution in [0.15, 0.2) is 48.5 Å². The van der Waals surface area contributed by atoms with Crippen LogP contribution in [0.2, 0.25) is 0 Å². The molecule has 5 rings (SSSR count). The van der Waals surface area contributed by atoms with Gasteiger partial charge in [-0.15, -0.1) is 0 Å². The van der Waals surface area contributed by atoms with E-state index < -0.39 is 10.7 Å². The molecule has 2 saturated heterocycles. The fraction of sp³-hybridized carbons (Fsp3) is 0.360. The molecule has 0 amide bonds. The number of carbonyl (C=O) groups excluding carboxylic acids is 1. The van der Waals surface area contributed by atoms with Gasteiger partial charge in [0.1, 0.15) is 10.7 Å². The molecular weight excluding hydrogens is 480 g/mol. The van der Waals surface area contributed by atoms with Crippen LogP contribution in [0.1, 0.15) is 28.1 Å². The zero-order chi connectivity index (χ0) is 25.1. The van der Waals surface area contributed by atoms with Crippen molar-refractivity contribution in [3.63, 3.8) is 0 Å². The maximum Gasteiger partial charge on any atom is 0.270 e. The normalized spacial score (nSPS) is 17.2. The van der Waals surface area contributed by atoms with Gasteiger partial charge in [0.15, 0.2) is 5.13 Å². The Labute approximate surface area is 212 Å². The average molecular weight is 509 g/mol. The van der Waals surface area contributed by atoms with Gasteiger partial charge in [0.25, 0.3) is 5.69 Å². The van der Waals surface area contributed by atoms with Gasteiger partial charge in [-0.3, -0.25) is 19.8 Å². The summed E-state index contributed by atoms with van der Waals surface area (Å²) in [4.78, 5) is 32.9. The number of nitrogens with two attached hydrogens (primary N) is 1. The third-order valence-corrected chi connectivity index (χ3v) is 7.67. The number of thiazole rings is 1. The number of benzene rings is 2. The molecular formula is C25H28N6O4S. The van der Waals surface area contributed by atoms with Crippen LogP contribution >= 0.6 is 11.3 Å². The van der Waals surface area contributed by atoms with E-state index in [9.17, 15) is 14.9 Å². The SMILES string of the molecule is Nc1nc(Nc2ccc(N3CCC(N4CCOCC4)CC3)cc2)sc1C(=O)c1cccc([N+](=O)[O-])c1. The van der Waals surface area contributed by atoms with E-state index >= 15 is 0 Å². The summed E-state index contributed by atoms with van der Waals surface area (Å²) in [5, 5.41) is 14.7. The number of carbonyl (C=O) groups is 1. The fourth-order valence-electron chi connectivity index (χ4n) is 4.75. The summed E-state index contributed by atoms with van der Waals surface area (Å²) >= 11 is 1.13. The Hall–Kier alpha value is -3.54. The van der Waals surface area contributed by atoms with E-state index in [1.54, 1.807) is 0 Å². The monoisotopic (exact) mass is 508 g/mol. The highest BCUT2D eigenvalue weighted by atomic mass is 32.1. The number of nitro groups is 1. The first-order valence-corrected chi connectivity index (χ1v) is 12.8. The lowest BCUT2D eigenvalue weighted by Crippen LogP contribution is -2.49. The molecule has 11 heteroatoms. The molecule has 2 aromatic carbocycles. The molecule has 2 aliphatic heterocycles. The molecule has 3 heterocycles. The molecule has 10 nitrogen and oxygen atoms in total. The third kappa shape index (κ3) is 5.32. The van der Waals surface area contributed by atoms with Crippen molar-refractivity contribution >= 4 is 45.1 Å². The van der Waals surface area contributed by atoms with Crippen LogP contribution in [0.3, 0.4) is 0 Å². The Morgan fingerprint density at radius 2 is 1.83 bits per heavy atom. The predicted molar refractivity (Wildman–Crippen MR) is 140 cm³/mol. The van der Waals surface area contributed by atoms with Gasteiger partial charge in [0, 0.05) is 61.3 Å². The first kappa shape index (κ1) is 24.2. The van der Waals surface area contributed by atoms with Crippen molar-refractivity contribution in [2.75, 3.05) is 55.3 Å². The van der Waals surface area contributed by atoms with Crippen molar-refractivity contribution in [2.24, 2.45) is 0 Å². The number of anilines is 4. The number of nitrogens with zero attached hydrogens (tertiary/aromatic N) is 4. The minimum atomic E-state index is -0.532. The minimum Gasteiger partial charge on any atom is -0.382 e. The summed E-state index contributed by atoms with van der Waals surface area (Å²) in [6, 6.07) is 14.4. The molecule has 2 aliphatic rings. The van der Waals surface area contributed by atoms with Crippen LogP contribution in [0, 0.1) is 10.1 Å². The summed E-state index contributed by atoms with van der Waals surface area (Å²) < 4.78 is 5.48. The average Bonchev–Trinajstić information content (AvgIpc) is 3.29. The Bertz CT molecular complexity index is 1230. The number of hydrogen-bond donors (Lipinski definition) is 2. The lowest BCUT2D eigenvalue weighted by atomic mass is 10.0. The molecule has 0 atom stereocenters. The standard InChI is InChI=1S/C25H28N6O4S/c26-24-23(22(32)17-2-1-3-21(16-17)31(33)34)36-25(28-24)27-18-4-6-19(7-5-18)29-10-8-20(9-11-29)30-12-14-35-15-13-30/h1-7,16,20H,8-15,26H2,(H,27,28). The van der Waals surface area contributed by atoms with E-state index in [0.29, 0.717) is 11.2 Å². The number of aromatic nitrogens is 1. The number of rotatable bonds is 7. The highest BCUT2D eigenvalue weighted by Gasteiger charge is 2.26. The van der Waals surface area contributed by atoms with Crippen molar-refractivity contribution in [1.29, 1.82) is 0 Å². The molecule has 1 aromatic heterocycles. The van der Waals surface area contributed by atoms with Crippen LogP contribution in [0.25, 0.3) is 0 Å². The molecule has 0 spiro atoms. The summed E-state index contributed by atoms with van der Waals surface area (Å²) in [6.45, 7) is 5.80. The molecule has 0 saturated carbocycles. The fourth-order valence-corrected chi connectivity index (χ4v) is 5.62. The number of piperidine rings is 1. The van der Waals surface area contributed by atoms with Gasteiger partial charge in [-0.1, -0.05) is 23.5 Å². The first-order valence-electron chi connectivity index (χ1n) is 12.0. The van der Waals surface area contributed by atoms with Crippen LogP contribution in [0.4, 0.5) is 28.0 Å². The molecule has 3 aromatic rings. The van der Waals surface area contributed by atoms with Crippen molar-refractivity contribution in [3.05, 3.63) is 69.1 Å². The molecule has 36 heavy (non-hydrogen) atoms. The van der Waals surface area contributed by atoms with Gasteiger partial charge >= 0.3 is 0 Å². The maximum atomic E-state index is 12.9. The Kier molecular flexibility index (Phi) is 7.12. The number of non-ortho nitro benzene ring substituents is 1. The maximum absolute atomic E-state index is 12.9. The van der Waals surface area contributed by atoms with E-state index in [0.717, 1.165) is 69.3 Å². The summed E-state index contributed by atoms with van der Waals surface area (Å²) in [7, 11) is 0. The van der Waals surface area contributed by atoms with Gasteiger partial charge in [-0.05, 0) is 37.1 Å². The number of nitrogen functional groups attached to an aromatic ring is 1. The summed E-state index contributed by atoms with van der Waals surface area (Å²) in [6.07, 6.45) is 2.31. The second kappa shape index (κ2) is 10.6. The lowest BCUT2D eigenvalue weighted by Gasteiger charge is -2.40. The molecule has 0 aliphatic carbocycles. The number of nitrogens with one attached hydrogen (secondary N) is 1. The van der Waals surface area contributed by atoms with E-state index in [1.807, 2.05) is 12.1 Å². The third-order valence-electron chi connectivity index (χ3n) is 6.69. The molecule has 0 radical (unpaired) electrons. The molecule has 2 fully saturated rings. The molecule has 188 valence electrons. The Morgan fingerprint density at radius 3 is 2.53 bits per heavy atom. The van der Waals surface area contributed by atoms with E-state index in [-0.39, 0.29) is 21.9 Å². The number of nitro benzene ring substituents is 1. The van der Waals surface area contributed by atoms with Gasteiger partial charge < -0.3 is 20.7 Å².